The lowest BCUT2D eigenvalue weighted by Crippen LogP contribution is -3.00. The summed E-state index contributed by atoms with van der Waals surface area (Å²) in [7, 11) is -4.35. The summed E-state index contributed by atoms with van der Waals surface area (Å²) in [4.78, 5) is 28.0. The molecule has 0 saturated heterocycles. The maximum absolute atomic E-state index is 11.1. The number of aromatic nitrogens is 2. The van der Waals surface area contributed by atoms with E-state index in [1.165, 1.54) is 0 Å². The first-order valence-corrected chi connectivity index (χ1v) is 7.95. The highest BCUT2D eigenvalue weighted by molar-refractivity contribution is 7.50. The Morgan fingerprint density at radius 2 is 1.43 bits per heavy atom. The Morgan fingerprint density at radius 3 is 1.74 bits per heavy atom. The monoisotopic (exact) mass is 365 g/mol. The number of H-pyrrole nitrogens is 2. The van der Waals surface area contributed by atoms with E-state index in [-0.39, 0.29) is 23.4 Å². The van der Waals surface area contributed by atoms with Crippen LogP contribution in [0.4, 0.5) is 0 Å². The highest BCUT2D eigenvalue weighted by Crippen LogP contribution is 2.30. The van der Waals surface area contributed by atoms with E-state index in [1.54, 1.807) is 17.3 Å². The van der Waals surface area contributed by atoms with Crippen LogP contribution in [0.1, 0.15) is 11.4 Å². The van der Waals surface area contributed by atoms with Crippen molar-refractivity contribution in [3.8, 4) is 0 Å². The Hall–Kier alpha value is -1.38. The van der Waals surface area contributed by atoms with Crippen LogP contribution < -0.4 is 27.3 Å². The molecular weight excluding hydrogens is 345 g/mol. The summed E-state index contributed by atoms with van der Waals surface area (Å²) in [6.45, 7) is 0.798. The van der Waals surface area contributed by atoms with Gasteiger partial charge in [0.15, 0.2) is 23.8 Å². The average Bonchev–Trinajstić information content (AvgIpc) is 2.39. The van der Waals surface area contributed by atoms with Crippen molar-refractivity contribution in [2.75, 3.05) is 6.29 Å². The van der Waals surface area contributed by atoms with Gasteiger partial charge in [-0.25, -0.2) is 9.97 Å². The zero-order valence-electron chi connectivity index (χ0n) is 12.3. The second-order valence-electron chi connectivity index (χ2n) is 4.54. The Labute approximate surface area is 140 Å². The predicted molar refractivity (Wildman–Crippen MR) is 77.2 cm³/mol. The number of halogens is 1. The Bertz CT molecular complexity index is 543. The fraction of sp³-hybridized carbons (Fsp3) is 0.231. The summed E-state index contributed by atoms with van der Waals surface area (Å²) in [6.07, 6.45) is 3.16. The first kappa shape index (κ1) is 23.9. The van der Waals surface area contributed by atoms with Gasteiger partial charge in [-0.2, -0.15) is 0 Å². The van der Waals surface area contributed by atoms with E-state index < -0.39 is 13.9 Å². The van der Waals surface area contributed by atoms with Gasteiger partial charge in [0.05, 0.1) is 19.4 Å². The van der Waals surface area contributed by atoms with Crippen molar-refractivity contribution in [3.05, 3.63) is 60.2 Å². The predicted octanol–water partition coefficient (Wildman–Crippen LogP) is -4.83. The summed E-state index contributed by atoms with van der Waals surface area (Å²) < 4.78 is 11.1. The second-order valence-corrected chi connectivity index (χ2v) is 6.10. The maximum atomic E-state index is 11.1. The summed E-state index contributed by atoms with van der Waals surface area (Å²) >= 11 is 0. The molecule has 8 nitrogen and oxygen atoms in total. The molecule has 1 atom stereocenters. The van der Waals surface area contributed by atoms with Gasteiger partial charge in [-0.05, 0) is 0 Å². The smallest absolute Gasteiger partial charge is 0.193 e. The van der Waals surface area contributed by atoms with Crippen molar-refractivity contribution in [2.45, 2.75) is 13.1 Å². The Balaban J connectivity index is 0. The number of nitrogens with zero attached hydrogens (tertiary/aromatic N) is 1. The molecule has 0 radical (unpaired) electrons. The van der Waals surface area contributed by atoms with Gasteiger partial charge in [0.2, 0.25) is 0 Å². The van der Waals surface area contributed by atoms with E-state index in [9.17, 15) is 9.46 Å². The zero-order valence-corrected chi connectivity index (χ0v) is 13.9. The van der Waals surface area contributed by atoms with Gasteiger partial charge in [0.1, 0.15) is 7.60 Å². The highest BCUT2D eigenvalue weighted by atomic mass is 35.5. The molecule has 130 valence electrons. The van der Waals surface area contributed by atoms with Crippen LogP contribution >= 0.6 is 7.60 Å². The van der Waals surface area contributed by atoms with Gasteiger partial charge >= 0.3 is 0 Å². The molecule has 0 saturated carbocycles. The van der Waals surface area contributed by atoms with Crippen LogP contribution in [0.2, 0.25) is 0 Å². The molecule has 7 N–H and O–H groups in total. The summed E-state index contributed by atoms with van der Waals surface area (Å²) in [5, 5.41) is 0. The quantitative estimate of drug-likeness (QED) is 0.510. The minimum atomic E-state index is -4.35. The highest BCUT2D eigenvalue weighted by Gasteiger charge is 2.17. The second kappa shape index (κ2) is 11.2. The normalized spacial score (nSPS) is 12.3. The molecule has 2 rings (SSSR count). The van der Waals surface area contributed by atoms with E-state index in [4.69, 9.17) is 4.89 Å². The van der Waals surface area contributed by atoms with Crippen LogP contribution in [0.5, 0.6) is 0 Å². The molecule has 10 heteroatoms. The summed E-state index contributed by atoms with van der Waals surface area (Å²) in [5.74, 6) is 0. The lowest BCUT2D eigenvalue weighted by atomic mass is 10.3. The Morgan fingerprint density at radius 1 is 1.00 bits per heavy atom. The van der Waals surface area contributed by atoms with E-state index >= 15 is 0 Å². The molecule has 0 amide bonds. The van der Waals surface area contributed by atoms with E-state index in [0.717, 1.165) is 11.4 Å². The van der Waals surface area contributed by atoms with Crippen LogP contribution in [0.3, 0.4) is 0 Å². The van der Waals surface area contributed by atoms with E-state index in [1.807, 2.05) is 36.4 Å². The third-order valence-corrected chi connectivity index (χ3v) is 3.47. The number of rotatable bonds is 6. The molecule has 1 unspecified atom stereocenters. The van der Waals surface area contributed by atoms with E-state index in [2.05, 4.69) is 9.97 Å². The van der Waals surface area contributed by atoms with Crippen molar-refractivity contribution < 1.29 is 47.7 Å². The molecule has 2 aromatic heterocycles. The molecule has 0 aliphatic heterocycles. The number of hydrogen-bond acceptors (Lipinski definition) is 3. The minimum Gasteiger partial charge on any atom is -1.00 e. The van der Waals surface area contributed by atoms with Gasteiger partial charge in [-0.15, -0.1) is 0 Å². The molecular formula is C13H21ClN3O5P. The van der Waals surface area contributed by atoms with Crippen LogP contribution in [-0.2, 0) is 17.7 Å². The van der Waals surface area contributed by atoms with Gasteiger partial charge in [0.25, 0.3) is 0 Å². The molecule has 0 aliphatic carbocycles. The first-order valence-electron chi connectivity index (χ1n) is 6.19. The third-order valence-electron chi connectivity index (χ3n) is 2.71. The largest absolute Gasteiger partial charge is 1.00 e. The average molecular weight is 366 g/mol. The van der Waals surface area contributed by atoms with Gasteiger partial charge in [-0.3, -0.25) is 4.90 Å². The van der Waals surface area contributed by atoms with E-state index in [0.29, 0.717) is 13.1 Å². The molecule has 0 aromatic carbocycles. The molecule has 0 bridgehead atoms. The SMILES string of the molecule is O.O.O=P([O-])(O)CN(Cc1cccc[nH+]1)Cc1cccc[nH+]1.[Cl-]. The molecule has 2 aromatic rings. The number of pyridine rings is 2. The number of hydrogen-bond donors (Lipinski definition) is 1. The fourth-order valence-electron chi connectivity index (χ4n) is 1.95. The van der Waals surface area contributed by atoms with Crippen molar-refractivity contribution in [1.29, 1.82) is 0 Å². The van der Waals surface area contributed by atoms with Crippen LogP contribution in [-0.4, -0.2) is 27.0 Å². The topological polar surface area (TPSA) is 155 Å². The first-order chi connectivity index (χ1) is 9.53. The van der Waals surface area contributed by atoms with Crippen molar-refractivity contribution >= 4 is 7.60 Å². The summed E-state index contributed by atoms with van der Waals surface area (Å²) in [5.41, 5.74) is 1.74. The lowest BCUT2D eigenvalue weighted by Gasteiger charge is -2.24. The lowest BCUT2D eigenvalue weighted by molar-refractivity contribution is -0.398. The summed E-state index contributed by atoms with van der Waals surface area (Å²) in [6, 6.07) is 11.2. The van der Waals surface area contributed by atoms with Crippen molar-refractivity contribution in [1.82, 2.24) is 4.90 Å². The number of aromatic amines is 2. The Kier molecular flexibility index (Phi) is 11.6. The number of nitrogens with one attached hydrogen (secondary N) is 2. The van der Waals surface area contributed by atoms with Crippen LogP contribution in [0, 0.1) is 0 Å². The van der Waals surface area contributed by atoms with Gasteiger partial charge < -0.3 is 37.7 Å². The van der Waals surface area contributed by atoms with Crippen molar-refractivity contribution in [2.24, 2.45) is 0 Å². The third kappa shape index (κ3) is 9.37. The minimum absolute atomic E-state index is 0. The van der Waals surface area contributed by atoms with Gasteiger partial charge in [-0.1, -0.05) is 12.1 Å². The molecule has 2 heterocycles. The molecule has 0 spiro atoms. The molecule has 23 heavy (non-hydrogen) atoms. The van der Waals surface area contributed by atoms with Crippen LogP contribution in [0.25, 0.3) is 0 Å². The fourth-order valence-corrected chi connectivity index (χ4v) is 2.65. The van der Waals surface area contributed by atoms with Crippen molar-refractivity contribution in [3.63, 3.8) is 0 Å². The van der Waals surface area contributed by atoms with Crippen LogP contribution in [0.15, 0.2) is 48.8 Å². The standard InChI is InChI=1S/C13H16N3O3P.ClH.2H2O/c17-20(18,19)11-16(9-12-5-1-3-7-14-12)10-13-6-2-4-8-15-13;;;/h1-8H,9-11H2,(H2,17,18,19);1H;2*1H2. The maximum Gasteiger partial charge on any atom is 0.193 e. The molecule has 0 fully saturated rings. The van der Waals surface area contributed by atoms with Gasteiger partial charge in [0, 0.05) is 24.3 Å². The zero-order chi connectivity index (χ0) is 14.4. The molecule has 0 aliphatic rings.